The van der Waals surface area contributed by atoms with Crippen LogP contribution >= 0.6 is 23.2 Å². The molecule has 0 bridgehead atoms. The van der Waals surface area contributed by atoms with Gasteiger partial charge in [-0.2, -0.15) is 0 Å². The van der Waals surface area contributed by atoms with Gasteiger partial charge in [0.25, 0.3) is 0 Å². The normalized spacial score (nSPS) is 23.6. The Hall–Kier alpha value is -1.26. The number of anilines is 1. The van der Waals surface area contributed by atoms with Gasteiger partial charge >= 0.3 is 0 Å². The molecule has 0 aliphatic heterocycles. The van der Waals surface area contributed by atoms with Gasteiger partial charge in [0.05, 0.1) is 0 Å². The van der Waals surface area contributed by atoms with Crippen molar-refractivity contribution in [3.8, 4) is 0 Å². The molecule has 2 saturated carbocycles. The molecule has 1 aromatic carbocycles. The predicted octanol–water partition coefficient (Wildman–Crippen LogP) is 4.26. The summed E-state index contributed by atoms with van der Waals surface area (Å²) in [6, 6.07) is 4.94. The Morgan fingerprint density at radius 2 is 1.50 bits per heavy atom. The first kappa shape index (κ1) is 17.6. The van der Waals surface area contributed by atoms with Gasteiger partial charge in [0.15, 0.2) is 0 Å². The zero-order valence-corrected chi connectivity index (χ0v) is 15.0. The Labute approximate surface area is 152 Å². The van der Waals surface area contributed by atoms with Crippen LogP contribution in [0.4, 0.5) is 5.69 Å². The zero-order valence-electron chi connectivity index (χ0n) is 13.5. The lowest BCUT2D eigenvalue weighted by Crippen LogP contribution is -2.42. The molecule has 0 spiro atoms. The van der Waals surface area contributed by atoms with Gasteiger partial charge < -0.3 is 10.6 Å². The highest BCUT2D eigenvalue weighted by atomic mass is 35.5. The number of nitrogens with one attached hydrogen (secondary N) is 2. The van der Waals surface area contributed by atoms with Crippen molar-refractivity contribution in [3.63, 3.8) is 0 Å². The Bertz CT molecular complexity index is 611. The minimum atomic E-state index is -0.296. The molecular weight excluding hydrogens is 347 g/mol. The van der Waals surface area contributed by atoms with Crippen molar-refractivity contribution >= 4 is 40.7 Å². The van der Waals surface area contributed by atoms with Crippen LogP contribution in [0.3, 0.4) is 0 Å². The molecule has 1 aromatic rings. The second kappa shape index (κ2) is 7.75. The highest BCUT2D eigenvalue weighted by molar-refractivity contribution is 6.35. The lowest BCUT2D eigenvalue weighted by molar-refractivity contribution is -0.134. The van der Waals surface area contributed by atoms with E-state index in [4.69, 9.17) is 23.2 Å². The van der Waals surface area contributed by atoms with E-state index in [9.17, 15) is 9.59 Å². The van der Waals surface area contributed by atoms with Crippen LogP contribution in [-0.4, -0.2) is 18.4 Å². The summed E-state index contributed by atoms with van der Waals surface area (Å²) in [4.78, 5) is 25.2. The van der Waals surface area contributed by atoms with Crippen molar-refractivity contribution in [3.05, 3.63) is 28.2 Å². The summed E-state index contributed by atoms with van der Waals surface area (Å²) in [7, 11) is 0. The monoisotopic (exact) mass is 368 g/mol. The van der Waals surface area contributed by atoms with Gasteiger partial charge in [-0.3, -0.25) is 9.59 Å². The second-order valence-electron chi connectivity index (χ2n) is 6.83. The van der Waals surface area contributed by atoms with Crippen LogP contribution in [0.2, 0.25) is 10.0 Å². The van der Waals surface area contributed by atoms with Gasteiger partial charge in [-0.05, 0) is 49.8 Å². The van der Waals surface area contributed by atoms with Crippen LogP contribution in [0.5, 0.6) is 0 Å². The Morgan fingerprint density at radius 1 is 0.917 bits per heavy atom. The maximum absolute atomic E-state index is 12.7. The van der Waals surface area contributed by atoms with Crippen LogP contribution in [-0.2, 0) is 9.59 Å². The number of benzene rings is 1. The summed E-state index contributed by atoms with van der Waals surface area (Å²) in [5.41, 5.74) is 0.570. The number of amides is 2. The quantitative estimate of drug-likeness (QED) is 0.815. The largest absolute Gasteiger partial charge is 0.356 e. The molecule has 0 saturated heterocycles. The summed E-state index contributed by atoms with van der Waals surface area (Å²) in [5, 5.41) is 6.83. The minimum absolute atomic E-state index is 0.0193. The van der Waals surface area contributed by atoms with E-state index in [1.54, 1.807) is 18.2 Å². The number of rotatable bonds is 5. The van der Waals surface area contributed by atoms with Gasteiger partial charge in [0, 0.05) is 34.1 Å². The molecule has 2 atom stereocenters. The SMILES string of the molecule is O=C(Nc1cc(Cl)cc(Cl)c1)[C@H]1CCCC[C@H]1C(=O)NCC1CC1. The highest BCUT2D eigenvalue weighted by Gasteiger charge is 2.36. The molecule has 3 rings (SSSR count). The first-order chi connectivity index (χ1) is 11.5. The molecule has 4 nitrogen and oxygen atoms in total. The van der Waals surface area contributed by atoms with Crippen LogP contribution in [0, 0.1) is 17.8 Å². The Morgan fingerprint density at radius 3 is 2.08 bits per heavy atom. The average Bonchev–Trinajstić information content (AvgIpc) is 3.36. The molecule has 24 heavy (non-hydrogen) atoms. The zero-order chi connectivity index (χ0) is 17.1. The van der Waals surface area contributed by atoms with Crippen molar-refractivity contribution in [2.24, 2.45) is 17.8 Å². The first-order valence-electron chi connectivity index (χ1n) is 8.57. The van der Waals surface area contributed by atoms with Crippen molar-refractivity contribution in [1.82, 2.24) is 5.32 Å². The fourth-order valence-electron chi connectivity index (χ4n) is 3.32. The van der Waals surface area contributed by atoms with Crippen LogP contribution in [0.25, 0.3) is 0 Å². The van der Waals surface area contributed by atoms with E-state index >= 15 is 0 Å². The fourth-order valence-corrected chi connectivity index (χ4v) is 3.84. The van der Waals surface area contributed by atoms with E-state index in [2.05, 4.69) is 10.6 Å². The second-order valence-corrected chi connectivity index (χ2v) is 7.71. The van der Waals surface area contributed by atoms with Crippen LogP contribution < -0.4 is 10.6 Å². The predicted molar refractivity (Wildman–Crippen MR) is 96.3 cm³/mol. The van der Waals surface area contributed by atoms with Crippen molar-refractivity contribution in [2.75, 3.05) is 11.9 Å². The maximum Gasteiger partial charge on any atom is 0.228 e. The van der Waals surface area contributed by atoms with Gasteiger partial charge in [-0.1, -0.05) is 36.0 Å². The number of hydrogen-bond donors (Lipinski definition) is 2. The molecule has 2 amide bonds. The summed E-state index contributed by atoms with van der Waals surface area (Å²) >= 11 is 12.0. The third-order valence-corrected chi connectivity index (χ3v) is 5.27. The molecule has 0 radical (unpaired) electrons. The van der Waals surface area contributed by atoms with E-state index in [1.165, 1.54) is 12.8 Å². The lowest BCUT2D eigenvalue weighted by Gasteiger charge is -2.29. The molecule has 0 unspecified atom stereocenters. The summed E-state index contributed by atoms with van der Waals surface area (Å²) < 4.78 is 0. The van der Waals surface area contributed by atoms with E-state index in [0.29, 0.717) is 21.7 Å². The van der Waals surface area contributed by atoms with Crippen molar-refractivity contribution in [1.29, 1.82) is 0 Å². The van der Waals surface area contributed by atoms with Crippen LogP contribution in [0.1, 0.15) is 38.5 Å². The molecule has 2 fully saturated rings. The summed E-state index contributed by atoms with van der Waals surface area (Å²) in [6.07, 6.45) is 5.87. The lowest BCUT2D eigenvalue weighted by atomic mass is 9.78. The average molecular weight is 369 g/mol. The highest BCUT2D eigenvalue weighted by Crippen LogP contribution is 2.33. The van der Waals surface area contributed by atoms with Gasteiger partial charge in [0.1, 0.15) is 0 Å². The van der Waals surface area contributed by atoms with Crippen molar-refractivity contribution in [2.45, 2.75) is 38.5 Å². The molecule has 0 aromatic heterocycles. The van der Waals surface area contributed by atoms with Crippen molar-refractivity contribution < 1.29 is 9.59 Å². The van der Waals surface area contributed by atoms with E-state index in [0.717, 1.165) is 32.2 Å². The topological polar surface area (TPSA) is 58.2 Å². The van der Waals surface area contributed by atoms with E-state index in [-0.39, 0.29) is 23.7 Å². The molecule has 6 heteroatoms. The van der Waals surface area contributed by atoms with Gasteiger partial charge in [-0.15, -0.1) is 0 Å². The first-order valence-corrected chi connectivity index (χ1v) is 9.33. The van der Waals surface area contributed by atoms with E-state index < -0.39 is 0 Å². The van der Waals surface area contributed by atoms with Gasteiger partial charge in [0.2, 0.25) is 11.8 Å². The molecule has 130 valence electrons. The molecule has 2 aliphatic carbocycles. The van der Waals surface area contributed by atoms with Gasteiger partial charge in [-0.25, -0.2) is 0 Å². The van der Waals surface area contributed by atoms with Crippen LogP contribution in [0.15, 0.2) is 18.2 Å². The molecular formula is C18H22Cl2N2O2. The summed E-state index contributed by atoms with van der Waals surface area (Å²) in [5.74, 6) is -0.00762. The summed E-state index contributed by atoms with van der Waals surface area (Å²) in [6.45, 7) is 0.744. The Kier molecular flexibility index (Phi) is 5.67. The minimum Gasteiger partial charge on any atom is -0.356 e. The maximum atomic E-state index is 12.7. The number of carbonyl (C=O) groups is 2. The fraction of sp³-hybridized carbons (Fsp3) is 0.556. The molecule has 2 N–H and O–H groups in total. The standard InChI is InChI=1S/C18H22Cl2N2O2/c19-12-7-13(20)9-14(8-12)22-18(24)16-4-2-1-3-15(16)17(23)21-10-11-5-6-11/h7-9,11,15-16H,1-6,10H2,(H,21,23)(H,22,24)/t15-,16+/m1/s1. The molecule has 0 heterocycles. The third kappa shape index (κ3) is 4.64. The Balaban J connectivity index is 1.64. The number of halogens is 2. The number of hydrogen-bond acceptors (Lipinski definition) is 2. The third-order valence-electron chi connectivity index (χ3n) is 4.83. The number of carbonyl (C=O) groups excluding carboxylic acids is 2. The van der Waals surface area contributed by atoms with E-state index in [1.807, 2.05) is 0 Å². The molecule has 2 aliphatic rings. The smallest absolute Gasteiger partial charge is 0.228 e.